The molecule has 194 valence electrons. The minimum atomic E-state index is -4.99. The summed E-state index contributed by atoms with van der Waals surface area (Å²) >= 11 is 0. The molecule has 2 aliphatic heterocycles. The summed E-state index contributed by atoms with van der Waals surface area (Å²) in [4.78, 5) is 19.7. The van der Waals surface area contributed by atoms with Crippen LogP contribution in [-0.4, -0.2) is 86.6 Å². The number of amides is 1. The van der Waals surface area contributed by atoms with E-state index in [1.807, 2.05) is 11.8 Å². The molecule has 3 aliphatic rings. The van der Waals surface area contributed by atoms with E-state index in [1.54, 1.807) is 0 Å². The predicted molar refractivity (Wildman–Crippen MR) is 121 cm³/mol. The number of carbonyl (C=O) groups excluding carboxylic acids is 1. The summed E-state index contributed by atoms with van der Waals surface area (Å²) in [6, 6.07) is 3.73. The van der Waals surface area contributed by atoms with Gasteiger partial charge in [-0.25, -0.2) is 8.42 Å². The van der Waals surface area contributed by atoms with Crippen molar-refractivity contribution in [3.63, 3.8) is 0 Å². The number of nitrogens with zero attached hydrogens (tertiary/aromatic N) is 3. The lowest BCUT2D eigenvalue weighted by Crippen LogP contribution is -2.63. The van der Waals surface area contributed by atoms with Gasteiger partial charge in [-0.05, 0) is 37.5 Å². The summed E-state index contributed by atoms with van der Waals surface area (Å²) in [5, 5.41) is -0.559. The number of hydrogen-bond acceptors (Lipinski definition) is 8. The quantitative estimate of drug-likeness (QED) is 0.557. The van der Waals surface area contributed by atoms with E-state index in [2.05, 4.69) is 14.6 Å². The van der Waals surface area contributed by atoms with Gasteiger partial charge in [0.05, 0.1) is 35.7 Å². The van der Waals surface area contributed by atoms with Gasteiger partial charge in [-0.1, -0.05) is 6.07 Å². The highest BCUT2D eigenvalue weighted by Gasteiger charge is 2.42. The molecule has 1 amide bonds. The van der Waals surface area contributed by atoms with Crippen molar-refractivity contribution in [2.24, 2.45) is 10.7 Å². The molecule has 1 aromatic carbocycles. The molecule has 1 aliphatic carbocycles. The Kier molecular flexibility index (Phi) is 7.15. The molecule has 1 saturated heterocycles. The van der Waals surface area contributed by atoms with E-state index in [9.17, 15) is 26.4 Å². The molecular formula is C22H29F3N4O5S. The van der Waals surface area contributed by atoms with Crippen molar-refractivity contribution >= 4 is 21.5 Å². The van der Waals surface area contributed by atoms with Crippen molar-refractivity contribution in [3.05, 3.63) is 23.8 Å². The van der Waals surface area contributed by atoms with Gasteiger partial charge in [0.25, 0.3) is 5.91 Å². The average molecular weight is 519 g/mol. The van der Waals surface area contributed by atoms with Crippen LogP contribution in [0.15, 0.2) is 28.1 Å². The number of halogens is 3. The smallest absolute Gasteiger partial charge is 0.405 e. The Hall–Kier alpha value is -2.22. The third kappa shape index (κ3) is 5.79. The van der Waals surface area contributed by atoms with Crippen LogP contribution in [0.2, 0.25) is 0 Å². The highest BCUT2D eigenvalue weighted by Crippen LogP contribution is 2.38. The van der Waals surface area contributed by atoms with Crippen LogP contribution in [0.1, 0.15) is 31.7 Å². The number of morpholine rings is 1. The number of hydrogen-bond donors (Lipinski definition) is 1. The highest BCUT2D eigenvalue weighted by molar-refractivity contribution is 7.92. The Morgan fingerprint density at radius 1 is 1.20 bits per heavy atom. The number of aliphatic imine (C=N–C) groups is 1. The number of ether oxygens (including phenoxy) is 2. The molecule has 2 heterocycles. The predicted octanol–water partition coefficient (Wildman–Crippen LogP) is 1.70. The number of carbonyl (C=O) groups is 1. The fourth-order valence-corrected chi connectivity index (χ4v) is 6.30. The second-order valence-corrected chi connectivity index (χ2v) is 11.4. The maximum atomic E-state index is 13.3. The molecule has 1 unspecified atom stereocenters. The zero-order chi connectivity index (χ0) is 25.4. The second-order valence-electron chi connectivity index (χ2n) is 9.18. The number of nitrogens with two attached hydrogens (primary N) is 1. The Morgan fingerprint density at radius 3 is 2.43 bits per heavy atom. The average Bonchev–Trinajstić information content (AvgIpc) is 3.66. The van der Waals surface area contributed by atoms with Crippen molar-refractivity contribution in [1.82, 2.24) is 9.80 Å². The maximum Gasteiger partial charge on any atom is 0.573 e. The SMILES string of the molecule is CC(Cc1ccc(S(=O)(=O)C2CC2)cc1OC(F)(F)F)(N1CCOCC1)N1CCC(C(N)=O)=NC1. The van der Waals surface area contributed by atoms with Crippen molar-refractivity contribution in [2.75, 3.05) is 39.5 Å². The van der Waals surface area contributed by atoms with Crippen LogP contribution in [0, 0.1) is 0 Å². The second kappa shape index (κ2) is 9.68. The number of benzene rings is 1. The minimum Gasteiger partial charge on any atom is -0.405 e. The summed E-state index contributed by atoms with van der Waals surface area (Å²) in [6.45, 7) is 4.49. The van der Waals surface area contributed by atoms with Gasteiger partial charge in [-0.2, -0.15) is 0 Å². The lowest BCUT2D eigenvalue weighted by atomic mass is 9.95. The molecule has 2 N–H and O–H groups in total. The molecule has 9 nitrogen and oxygen atoms in total. The fraction of sp³-hybridized carbons (Fsp3) is 0.636. The Morgan fingerprint density at radius 2 is 1.89 bits per heavy atom. The summed E-state index contributed by atoms with van der Waals surface area (Å²) in [6.07, 6.45) is -3.57. The van der Waals surface area contributed by atoms with Crippen molar-refractivity contribution in [3.8, 4) is 5.75 Å². The molecule has 1 atom stereocenters. The third-order valence-corrected chi connectivity index (χ3v) is 9.05. The topological polar surface area (TPSA) is 115 Å². The number of sulfone groups is 1. The normalized spacial score (nSPS) is 22.3. The van der Waals surface area contributed by atoms with E-state index in [1.165, 1.54) is 12.1 Å². The molecule has 1 saturated carbocycles. The van der Waals surface area contributed by atoms with E-state index >= 15 is 0 Å². The summed E-state index contributed by atoms with van der Waals surface area (Å²) < 4.78 is 75.1. The van der Waals surface area contributed by atoms with Crippen LogP contribution in [0.3, 0.4) is 0 Å². The van der Waals surface area contributed by atoms with Gasteiger partial charge in [-0.15, -0.1) is 13.2 Å². The highest BCUT2D eigenvalue weighted by atomic mass is 32.2. The third-order valence-electron chi connectivity index (χ3n) is 6.79. The Bertz CT molecular complexity index is 1100. The molecule has 4 rings (SSSR count). The molecule has 0 spiro atoms. The molecule has 0 bridgehead atoms. The van der Waals surface area contributed by atoms with Gasteiger partial charge in [0.15, 0.2) is 9.84 Å². The lowest BCUT2D eigenvalue weighted by Gasteiger charge is -2.50. The van der Waals surface area contributed by atoms with Crippen molar-refractivity contribution in [1.29, 1.82) is 0 Å². The summed E-state index contributed by atoms with van der Waals surface area (Å²) in [5.41, 5.74) is 5.04. The molecule has 1 aromatic rings. The maximum absolute atomic E-state index is 13.3. The van der Waals surface area contributed by atoms with E-state index in [0.29, 0.717) is 52.1 Å². The number of primary amides is 1. The molecule has 2 fully saturated rings. The van der Waals surface area contributed by atoms with Gasteiger partial charge in [-0.3, -0.25) is 19.6 Å². The van der Waals surface area contributed by atoms with Gasteiger partial charge < -0.3 is 15.2 Å². The first-order valence-corrected chi connectivity index (χ1v) is 13.0. The van der Waals surface area contributed by atoms with Crippen LogP contribution in [-0.2, 0) is 25.8 Å². The van der Waals surface area contributed by atoms with Gasteiger partial charge in [0, 0.05) is 32.5 Å². The first-order chi connectivity index (χ1) is 16.4. The van der Waals surface area contributed by atoms with Crippen molar-refractivity contribution < 1.29 is 35.9 Å². The van der Waals surface area contributed by atoms with E-state index in [-0.39, 0.29) is 29.3 Å². The number of rotatable bonds is 8. The van der Waals surface area contributed by atoms with Crippen molar-refractivity contribution in [2.45, 2.75) is 54.8 Å². The minimum absolute atomic E-state index is 0.101. The molecule has 35 heavy (non-hydrogen) atoms. The van der Waals surface area contributed by atoms with Gasteiger partial charge in [0.1, 0.15) is 11.5 Å². The largest absolute Gasteiger partial charge is 0.573 e. The molecule has 0 radical (unpaired) electrons. The zero-order valence-corrected chi connectivity index (χ0v) is 20.2. The first kappa shape index (κ1) is 25.9. The standard InChI is InChI=1S/C22H29F3N4O5S/c1-21(28-8-10-33-11-9-28,29-7-6-18(20(26)30)27-14-29)13-15-2-3-17(35(31,32)16-4-5-16)12-19(15)34-22(23,24)25/h2-3,12,16H,4-11,13-14H2,1H3,(H2,26,30). The van der Waals surface area contributed by atoms with E-state index < -0.39 is 38.8 Å². The van der Waals surface area contributed by atoms with E-state index in [4.69, 9.17) is 10.5 Å². The van der Waals surface area contributed by atoms with Gasteiger partial charge in [0.2, 0.25) is 0 Å². The fourth-order valence-electron chi connectivity index (χ4n) is 4.63. The van der Waals surface area contributed by atoms with E-state index in [0.717, 1.165) is 6.07 Å². The van der Waals surface area contributed by atoms with Crippen LogP contribution < -0.4 is 10.5 Å². The summed E-state index contributed by atoms with van der Waals surface area (Å²) in [5.74, 6) is -1.12. The van der Waals surface area contributed by atoms with Gasteiger partial charge >= 0.3 is 6.36 Å². The number of alkyl halides is 3. The Balaban J connectivity index is 1.70. The monoisotopic (exact) mass is 518 g/mol. The van der Waals surface area contributed by atoms with Crippen LogP contribution >= 0.6 is 0 Å². The van der Waals surface area contributed by atoms with Crippen LogP contribution in [0.25, 0.3) is 0 Å². The van der Waals surface area contributed by atoms with Crippen LogP contribution in [0.5, 0.6) is 5.75 Å². The lowest BCUT2D eigenvalue weighted by molar-refractivity contribution is -0.275. The van der Waals surface area contributed by atoms with Crippen LogP contribution in [0.4, 0.5) is 13.2 Å². The zero-order valence-electron chi connectivity index (χ0n) is 19.4. The Labute approximate surface area is 202 Å². The summed E-state index contributed by atoms with van der Waals surface area (Å²) in [7, 11) is -3.71. The molecule has 0 aromatic heterocycles. The molecular weight excluding hydrogens is 489 g/mol. The molecule has 13 heteroatoms. The first-order valence-electron chi connectivity index (χ1n) is 11.4.